The van der Waals surface area contributed by atoms with Crippen LogP contribution in [0.3, 0.4) is 0 Å². The van der Waals surface area contributed by atoms with Crippen molar-refractivity contribution in [1.29, 1.82) is 0 Å². The predicted molar refractivity (Wildman–Crippen MR) is 104 cm³/mol. The Labute approximate surface area is 158 Å². The zero-order chi connectivity index (χ0) is 18.9. The monoisotopic (exact) mass is 375 g/mol. The number of rotatable bonds is 3. The Hall–Kier alpha value is -2.37. The zero-order valence-corrected chi connectivity index (χ0v) is 15.3. The van der Waals surface area contributed by atoms with E-state index in [0.717, 1.165) is 45.3 Å². The minimum absolute atomic E-state index is 0.583. The van der Waals surface area contributed by atoms with Crippen LogP contribution in [0.5, 0.6) is 0 Å². The molecule has 0 bridgehead atoms. The highest BCUT2D eigenvalue weighted by Crippen LogP contribution is 2.32. The second kappa shape index (κ2) is 7.33. The van der Waals surface area contributed by atoms with Crippen molar-refractivity contribution in [2.24, 2.45) is 0 Å². The summed E-state index contributed by atoms with van der Waals surface area (Å²) in [6, 6.07) is 14.3. The summed E-state index contributed by atoms with van der Waals surface area (Å²) in [6.45, 7) is 5.31. The third-order valence-electron chi connectivity index (χ3n) is 5.50. The number of alkyl halides is 3. The molecule has 4 rings (SSSR count). The first kappa shape index (κ1) is 18.0. The van der Waals surface area contributed by atoms with Crippen LogP contribution in [0.15, 0.2) is 48.5 Å². The Morgan fingerprint density at radius 1 is 0.593 bits per heavy atom. The normalized spacial score (nSPS) is 18.3. The largest absolute Gasteiger partial charge is 0.416 e. The molecule has 0 radical (unpaired) electrons. The first-order chi connectivity index (χ1) is 13.0. The van der Waals surface area contributed by atoms with Gasteiger partial charge in [-0.15, -0.1) is 0 Å². The Bertz CT molecular complexity index is 759. The highest BCUT2D eigenvalue weighted by atomic mass is 19.4. The summed E-state index contributed by atoms with van der Waals surface area (Å²) < 4.78 is 38.8. The lowest BCUT2D eigenvalue weighted by Crippen LogP contribution is -2.46. The van der Waals surface area contributed by atoms with E-state index in [1.54, 1.807) is 6.07 Å². The molecule has 2 saturated heterocycles. The molecule has 27 heavy (non-hydrogen) atoms. The van der Waals surface area contributed by atoms with Gasteiger partial charge in [0.2, 0.25) is 0 Å². The summed E-state index contributed by atoms with van der Waals surface area (Å²) in [6.07, 6.45) is -1.77. The van der Waals surface area contributed by atoms with Gasteiger partial charge in [0.15, 0.2) is 0 Å². The Morgan fingerprint density at radius 2 is 1.07 bits per heavy atom. The lowest BCUT2D eigenvalue weighted by molar-refractivity contribution is -0.137. The minimum atomic E-state index is -4.30. The van der Waals surface area contributed by atoms with Gasteiger partial charge >= 0.3 is 6.18 Å². The fraction of sp³-hybridized carbons (Fsp3) is 0.429. The second-order valence-electron chi connectivity index (χ2n) is 7.23. The maximum Gasteiger partial charge on any atom is 0.416 e. The molecule has 0 N–H and O–H groups in total. The number of nitrogens with zero attached hydrogens (tertiary/aromatic N) is 3. The van der Waals surface area contributed by atoms with E-state index in [2.05, 4.69) is 34.1 Å². The zero-order valence-electron chi connectivity index (χ0n) is 15.3. The molecular weight excluding hydrogens is 351 g/mol. The molecule has 0 spiro atoms. The molecular formula is C21H24F3N3. The quantitative estimate of drug-likeness (QED) is 0.774. The molecule has 0 amide bonds. The number of hydrogen-bond acceptors (Lipinski definition) is 3. The molecule has 3 nitrogen and oxygen atoms in total. The summed E-state index contributed by atoms with van der Waals surface area (Å²) >= 11 is 0. The number of piperazine rings is 1. The molecule has 2 aliphatic rings. The van der Waals surface area contributed by atoms with Crippen molar-refractivity contribution in [3.05, 3.63) is 54.1 Å². The van der Waals surface area contributed by atoms with Gasteiger partial charge in [-0.2, -0.15) is 13.2 Å². The van der Waals surface area contributed by atoms with Crippen LogP contribution in [0.25, 0.3) is 0 Å². The van der Waals surface area contributed by atoms with Gasteiger partial charge in [0.25, 0.3) is 0 Å². The van der Waals surface area contributed by atoms with Gasteiger partial charge in [0.1, 0.15) is 0 Å². The molecule has 2 aromatic rings. The number of benzene rings is 2. The van der Waals surface area contributed by atoms with Gasteiger partial charge < -0.3 is 14.7 Å². The van der Waals surface area contributed by atoms with Crippen molar-refractivity contribution in [2.75, 3.05) is 54.0 Å². The third-order valence-corrected chi connectivity index (χ3v) is 5.50. The average molecular weight is 375 g/mol. The van der Waals surface area contributed by atoms with E-state index in [4.69, 9.17) is 0 Å². The first-order valence-electron chi connectivity index (χ1n) is 9.53. The van der Waals surface area contributed by atoms with E-state index in [-0.39, 0.29) is 0 Å². The van der Waals surface area contributed by atoms with Crippen LogP contribution in [-0.4, -0.2) is 39.3 Å². The minimum Gasteiger partial charge on any atom is -0.372 e. The maximum absolute atomic E-state index is 12.9. The SMILES string of the molecule is FC(F)(F)c1cccc(N2CCN(c3ccc(N4CCCC4)cc3)CC2)c1. The topological polar surface area (TPSA) is 9.72 Å². The van der Waals surface area contributed by atoms with Gasteiger partial charge in [-0.25, -0.2) is 0 Å². The van der Waals surface area contributed by atoms with E-state index in [1.165, 1.54) is 36.3 Å². The summed E-state index contributed by atoms with van der Waals surface area (Å²) in [5.41, 5.74) is 2.52. The molecule has 0 aromatic heterocycles. The van der Waals surface area contributed by atoms with Crippen molar-refractivity contribution in [2.45, 2.75) is 19.0 Å². The number of anilines is 3. The molecule has 6 heteroatoms. The van der Waals surface area contributed by atoms with Crippen LogP contribution in [-0.2, 0) is 6.18 Å². The van der Waals surface area contributed by atoms with Crippen molar-refractivity contribution in [3.8, 4) is 0 Å². The van der Waals surface area contributed by atoms with Crippen LogP contribution < -0.4 is 14.7 Å². The summed E-state index contributed by atoms with van der Waals surface area (Å²) in [4.78, 5) is 6.75. The summed E-state index contributed by atoms with van der Waals surface area (Å²) in [7, 11) is 0. The lowest BCUT2D eigenvalue weighted by atomic mass is 10.1. The number of halogens is 3. The predicted octanol–water partition coefficient (Wildman–Crippen LogP) is 4.63. The fourth-order valence-electron chi connectivity index (χ4n) is 3.95. The molecule has 2 aromatic carbocycles. The van der Waals surface area contributed by atoms with Gasteiger partial charge in [-0.3, -0.25) is 0 Å². The van der Waals surface area contributed by atoms with E-state index in [1.807, 2.05) is 4.90 Å². The molecule has 0 atom stereocenters. The van der Waals surface area contributed by atoms with Gasteiger partial charge in [0.05, 0.1) is 5.56 Å². The molecule has 0 aliphatic carbocycles. The fourth-order valence-corrected chi connectivity index (χ4v) is 3.95. The maximum atomic E-state index is 12.9. The summed E-state index contributed by atoms with van der Waals surface area (Å²) in [5.74, 6) is 0. The van der Waals surface area contributed by atoms with Crippen LogP contribution >= 0.6 is 0 Å². The van der Waals surface area contributed by atoms with Crippen LogP contribution in [0.2, 0.25) is 0 Å². The number of hydrogen-bond donors (Lipinski definition) is 0. The highest BCUT2D eigenvalue weighted by molar-refractivity contribution is 5.58. The summed E-state index contributed by atoms with van der Waals surface area (Å²) in [5, 5.41) is 0. The first-order valence-corrected chi connectivity index (χ1v) is 9.53. The van der Waals surface area contributed by atoms with E-state index in [0.29, 0.717) is 5.69 Å². The van der Waals surface area contributed by atoms with Crippen LogP contribution in [0.1, 0.15) is 18.4 Å². The Kier molecular flexibility index (Phi) is 4.89. The lowest BCUT2D eigenvalue weighted by Gasteiger charge is -2.37. The van der Waals surface area contributed by atoms with Gasteiger partial charge in [-0.1, -0.05) is 6.07 Å². The molecule has 144 valence electrons. The van der Waals surface area contributed by atoms with Crippen molar-refractivity contribution in [1.82, 2.24) is 0 Å². The van der Waals surface area contributed by atoms with Gasteiger partial charge in [-0.05, 0) is 55.3 Å². The molecule has 2 fully saturated rings. The van der Waals surface area contributed by atoms with E-state index < -0.39 is 11.7 Å². The highest BCUT2D eigenvalue weighted by Gasteiger charge is 2.31. The van der Waals surface area contributed by atoms with Crippen LogP contribution in [0.4, 0.5) is 30.2 Å². The molecule has 0 saturated carbocycles. The van der Waals surface area contributed by atoms with E-state index >= 15 is 0 Å². The van der Waals surface area contributed by atoms with Crippen molar-refractivity contribution < 1.29 is 13.2 Å². The third kappa shape index (κ3) is 3.99. The average Bonchev–Trinajstić information content (AvgIpc) is 3.23. The Morgan fingerprint density at radius 3 is 1.59 bits per heavy atom. The Balaban J connectivity index is 1.39. The molecule has 2 aliphatic heterocycles. The second-order valence-corrected chi connectivity index (χ2v) is 7.23. The van der Waals surface area contributed by atoms with Crippen molar-refractivity contribution >= 4 is 17.1 Å². The van der Waals surface area contributed by atoms with Gasteiger partial charge in [0, 0.05) is 56.3 Å². The molecule has 2 heterocycles. The standard InChI is InChI=1S/C21H24F3N3/c22-21(23,24)17-4-3-5-20(16-17)27-14-12-26(13-15-27)19-8-6-18(7-9-19)25-10-1-2-11-25/h3-9,16H,1-2,10-15H2. The molecule has 0 unspecified atom stereocenters. The van der Waals surface area contributed by atoms with E-state index in [9.17, 15) is 13.2 Å². The van der Waals surface area contributed by atoms with Crippen molar-refractivity contribution in [3.63, 3.8) is 0 Å². The smallest absolute Gasteiger partial charge is 0.372 e. The van der Waals surface area contributed by atoms with Crippen LogP contribution in [0, 0.1) is 0 Å².